The van der Waals surface area contributed by atoms with E-state index in [1.54, 1.807) is 30.0 Å². The van der Waals surface area contributed by atoms with E-state index in [-0.39, 0.29) is 12.5 Å². The van der Waals surface area contributed by atoms with E-state index in [9.17, 15) is 9.59 Å². The third-order valence-electron chi connectivity index (χ3n) is 5.50. The van der Waals surface area contributed by atoms with Crippen LogP contribution < -0.4 is 4.90 Å². The van der Waals surface area contributed by atoms with Crippen LogP contribution in [0, 0.1) is 5.92 Å². The third kappa shape index (κ3) is 3.79. The van der Waals surface area contributed by atoms with Gasteiger partial charge in [0.25, 0.3) is 0 Å². The molecule has 6 nitrogen and oxygen atoms in total. The molecular weight excluding hydrogens is 437 g/mol. The smallest absolute Gasteiger partial charge is 0.321 e. The number of para-hydroxylation sites is 2. The number of imidazole rings is 1. The van der Waals surface area contributed by atoms with Crippen molar-refractivity contribution in [2.24, 2.45) is 5.92 Å². The number of ether oxygens (including phenoxy) is 1. The number of nitrogens with zero attached hydrogens (tertiary/aromatic N) is 3. The van der Waals surface area contributed by atoms with Crippen LogP contribution in [0.15, 0.2) is 42.5 Å². The minimum atomic E-state index is -1.08. The van der Waals surface area contributed by atoms with Gasteiger partial charge < -0.3 is 9.30 Å². The summed E-state index contributed by atoms with van der Waals surface area (Å²) in [6, 6.07) is 12.0. The molecule has 0 unspecified atom stereocenters. The number of carbonyl (C=O) groups excluding carboxylic acids is 2. The molecule has 1 amide bonds. The van der Waals surface area contributed by atoms with Gasteiger partial charge in [-0.2, -0.15) is 0 Å². The summed E-state index contributed by atoms with van der Waals surface area (Å²) in [5.41, 5.74) is 2.18. The minimum absolute atomic E-state index is 0.177. The number of fused-ring (bicyclic) bond motifs is 3. The van der Waals surface area contributed by atoms with Gasteiger partial charge in [-0.3, -0.25) is 14.5 Å². The number of unbranched alkanes of at least 4 members (excludes halogenated alkanes) is 1. The summed E-state index contributed by atoms with van der Waals surface area (Å²) in [4.78, 5) is 33.1. The van der Waals surface area contributed by atoms with E-state index in [4.69, 9.17) is 32.9 Å². The minimum Gasteiger partial charge on any atom is -0.465 e. The monoisotopic (exact) mass is 459 g/mol. The Morgan fingerprint density at radius 3 is 2.65 bits per heavy atom. The maximum atomic E-state index is 13.7. The van der Waals surface area contributed by atoms with Crippen LogP contribution in [-0.4, -0.2) is 34.6 Å². The standard InChI is InChI=1S/C23H23Cl2N3O3/c1-3-5-12-27-21(29)19(22(30)31-4-2)20(15-11-10-14(24)13-16(15)25)28-18-9-7-6-8-17(18)26-23(27)28/h6-11,13,19-20H,3-5,12H2,1-2H3/t19-,20-/m1/s1. The second kappa shape index (κ2) is 8.89. The number of rotatable bonds is 6. The summed E-state index contributed by atoms with van der Waals surface area (Å²) in [7, 11) is 0. The highest BCUT2D eigenvalue weighted by atomic mass is 35.5. The predicted octanol–water partition coefficient (Wildman–Crippen LogP) is 5.26. The van der Waals surface area contributed by atoms with Crippen molar-refractivity contribution in [2.75, 3.05) is 18.1 Å². The van der Waals surface area contributed by atoms with Crippen molar-refractivity contribution in [3.63, 3.8) is 0 Å². The van der Waals surface area contributed by atoms with Crippen molar-refractivity contribution in [1.82, 2.24) is 9.55 Å². The molecule has 0 saturated carbocycles. The summed E-state index contributed by atoms with van der Waals surface area (Å²) in [6.07, 6.45) is 1.69. The lowest BCUT2D eigenvalue weighted by molar-refractivity contribution is -0.153. The zero-order valence-electron chi connectivity index (χ0n) is 17.3. The first-order chi connectivity index (χ1) is 15.0. The molecule has 1 aliphatic rings. The maximum Gasteiger partial charge on any atom is 0.321 e. The average Bonchev–Trinajstić information content (AvgIpc) is 3.12. The van der Waals surface area contributed by atoms with Crippen molar-refractivity contribution in [3.05, 3.63) is 58.1 Å². The average molecular weight is 460 g/mol. The van der Waals surface area contributed by atoms with Gasteiger partial charge in [0.2, 0.25) is 11.9 Å². The number of anilines is 1. The Hall–Kier alpha value is -2.57. The molecule has 0 bridgehead atoms. The van der Waals surface area contributed by atoms with Crippen LogP contribution in [0.25, 0.3) is 11.0 Å². The highest BCUT2D eigenvalue weighted by Crippen LogP contribution is 2.43. The first-order valence-corrected chi connectivity index (χ1v) is 11.1. The van der Waals surface area contributed by atoms with Gasteiger partial charge in [0, 0.05) is 16.6 Å². The molecule has 4 rings (SSSR count). The maximum absolute atomic E-state index is 13.7. The molecule has 31 heavy (non-hydrogen) atoms. The molecule has 0 radical (unpaired) electrons. The highest BCUT2D eigenvalue weighted by molar-refractivity contribution is 6.35. The quantitative estimate of drug-likeness (QED) is 0.372. The van der Waals surface area contributed by atoms with E-state index >= 15 is 0 Å². The second-order valence-corrected chi connectivity index (χ2v) is 8.30. The Morgan fingerprint density at radius 2 is 1.94 bits per heavy atom. The van der Waals surface area contributed by atoms with E-state index in [1.165, 1.54) is 0 Å². The van der Waals surface area contributed by atoms with Crippen molar-refractivity contribution in [3.8, 4) is 0 Å². The summed E-state index contributed by atoms with van der Waals surface area (Å²) >= 11 is 12.7. The fraction of sp³-hybridized carbons (Fsp3) is 0.348. The first-order valence-electron chi connectivity index (χ1n) is 10.4. The van der Waals surface area contributed by atoms with Crippen LogP contribution in [0.3, 0.4) is 0 Å². The Morgan fingerprint density at radius 1 is 1.16 bits per heavy atom. The molecule has 0 saturated heterocycles. The van der Waals surface area contributed by atoms with Gasteiger partial charge in [0.05, 0.1) is 23.7 Å². The molecule has 0 aliphatic carbocycles. The third-order valence-corrected chi connectivity index (χ3v) is 6.06. The van der Waals surface area contributed by atoms with Gasteiger partial charge in [-0.15, -0.1) is 0 Å². The molecule has 8 heteroatoms. The van der Waals surface area contributed by atoms with E-state index in [2.05, 4.69) is 6.92 Å². The van der Waals surface area contributed by atoms with Gasteiger partial charge >= 0.3 is 5.97 Å². The molecule has 1 aromatic heterocycles. The Balaban J connectivity index is 2.00. The van der Waals surface area contributed by atoms with Crippen LogP contribution in [0.2, 0.25) is 10.0 Å². The largest absolute Gasteiger partial charge is 0.465 e. The van der Waals surface area contributed by atoms with Crippen LogP contribution in [0.5, 0.6) is 0 Å². The summed E-state index contributed by atoms with van der Waals surface area (Å²) in [5.74, 6) is -1.48. The lowest BCUT2D eigenvalue weighted by atomic mass is 9.89. The SMILES string of the molecule is CCCCN1C(=O)[C@H](C(=O)OCC)[C@@H](c2ccc(Cl)cc2Cl)n2c1nc1ccccc12. The Labute approximate surface area is 190 Å². The molecule has 1 aliphatic heterocycles. The van der Waals surface area contributed by atoms with Crippen LogP contribution in [0.4, 0.5) is 5.95 Å². The lowest BCUT2D eigenvalue weighted by Crippen LogP contribution is -2.50. The number of amides is 1. The Bertz CT molecular complexity index is 1140. The van der Waals surface area contributed by atoms with E-state index < -0.39 is 17.9 Å². The fourth-order valence-corrected chi connectivity index (χ4v) is 4.62. The number of halogens is 2. The summed E-state index contributed by atoms with van der Waals surface area (Å²) < 4.78 is 7.27. The molecular formula is C23H23Cl2N3O3. The summed E-state index contributed by atoms with van der Waals surface area (Å²) in [5, 5.41) is 0.856. The molecule has 0 fully saturated rings. The summed E-state index contributed by atoms with van der Waals surface area (Å²) in [6.45, 7) is 4.42. The molecule has 2 atom stereocenters. The first kappa shape index (κ1) is 21.7. The van der Waals surface area contributed by atoms with E-state index in [0.29, 0.717) is 28.1 Å². The van der Waals surface area contributed by atoms with Crippen molar-refractivity contribution < 1.29 is 14.3 Å². The number of carbonyl (C=O) groups is 2. The molecule has 0 N–H and O–H groups in total. The zero-order chi connectivity index (χ0) is 22.1. The Kier molecular flexibility index (Phi) is 6.21. The molecule has 2 heterocycles. The van der Waals surface area contributed by atoms with Gasteiger partial charge in [-0.05, 0) is 43.2 Å². The zero-order valence-corrected chi connectivity index (χ0v) is 18.9. The van der Waals surface area contributed by atoms with Gasteiger partial charge in [0.1, 0.15) is 0 Å². The van der Waals surface area contributed by atoms with Crippen LogP contribution >= 0.6 is 23.2 Å². The van der Waals surface area contributed by atoms with Gasteiger partial charge in [-0.1, -0.05) is 54.7 Å². The number of hydrogen-bond acceptors (Lipinski definition) is 4. The fourth-order valence-electron chi connectivity index (χ4n) is 4.10. The van der Waals surface area contributed by atoms with Gasteiger partial charge in [0.15, 0.2) is 5.92 Å². The number of esters is 1. The van der Waals surface area contributed by atoms with Crippen molar-refractivity contribution in [2.45, 2.75) is 32.7 Å². The highest BCUT2D eigenvalue weighted by Gasteiger charge is 2.48. The normalized spacial score (nSPS) is 18.3. The topological polar surface area (TPSA) is 64.4 Å². The number of hydrogen-bond donors (Lipinski definition) is 0. The second-order valence-electron chi connectivity index (χ2n) is 7.45. The number of benzene rings is 2. The van der Waals surface area contributed by atoms with E-state index in [1.807, 2.05) is 28.8 Å². The number of aromatic nitrogens is 2. The molecule has 2 aromatic carbocycles. The van der Waals surface area contributed by atoms with Crippen molar-refractivity contribution in [1.29, 1.82) is 0 Å². The predicted molar refractivity (Wildman–Crippen MR) is 122 cm³/mol. The molecule has 162 valence electrons. The van der Waals surface area contributed by atoms with Gasteiger partial charge in [-0.25, -0.2) is 4.98 Å². The molecule has 0 spiro atoms. The van der Waals surface area contributed by atoms with Crippen molar-refractivity contribution >= 4 is 52.1 Å². The van der Waals surface area contributed by atoms with Crippen LogP contribution in [-0.2, 0) is 14.3 Å². The lowest BCUT2D eigenvalue weighted by Gasteiger charge is -2.38. The van der Waals surface area contributed by atoms with Crippen LogP contribution in [0.1, 0.15) is 38.3 Å². The van der Waals surface area contributed by atoms with E-state index in [0.717, 1.165) is 23.9 Å². The molecule has 3 aromatic rings.